The largest absolute Gasteiger partial charge is 0.355 e. The molecular formula is C24H30N4O2. The Bertz CT molecular complexity index is 1010. The molecule has 1 heterocycles. The van der Waals surface area contributed by atoms with Gasteiger partial charge in [0.15, 0.2) is 0 Å². The van der Waals surface area contributed by atoms with Crippen molar-refractivity contribution in [2.75, 3.05) is 13.1 Å². The molecule has 1 aromatic heterocycles. The summed E-state index contributed by atoms with van der Waals surface area (Å²) in [5.74, 6) is 0.801. The van der Waals surface area contributed by atoms with Crippen LogP contribution in [-0.2, 0) is 17.8 Å². The summed E-state index contributed by atoms with van der Waals surface area (Å²) in [6.07, 6.45) is 3.46. The number of carbonyl (C=O) groups excluding carboxylic acids is 2. The lowest BCUT2D eigenvalue weighted by Crippen LogP contribution is -2.29. The number of aromatic nitrogens is 2. The Morgan fingerprint density at radius 3 is 2.60 bits per heavy atom. The SMILES string of the molecule is CCCCNC(=O)Cn1c(CCCNC(=O)c2cccc(C)c2)nc2ccccc21. The molecule has 2 aromatic carbocycles. The highest BCUT2D eigenvalue weighted by atomic mass is 16.2. The predicted molar refractivity (Wildman–Crippen MR) is 119 cm³/mol. The van der Waals surface area contributed by atoms with E-state index in [0.29, 0.717) is 25.1 Å². The summed E-state index contributed by atoms with van der Waals surface area (Å²) >= 11 is 0. The minimum atomic E-state index is -0.0671. The number of imidazole rings is 1. The van der Waals surface area contributed by atoms with Crippen LogP contribution in [-0.4, -0.2) is 34.5 Å². The first-order valence-electron chi connectivity index (χ1n) is 10.6. The van der Waals surface area contributed by atoms with Gasteiger partial charge in [-0.05, 0) is 44.0 Å². The fourth-order valence-corrected chi connectivity index (χ4v) is 3.43. The predicted octanol–water partition coefficient (Wildman–Crippen LogP) is 3.62. The number of benzene rings is 2. The van der Waals surface area contributed by atoms with Crippen LogP contribution in [0, 0.1) is 6.92 Å². The van der Waals surface area contributed by atoms with Crippen molar-refractivity contribution < 1.29 is 9.59 Å². The molecule has 0 radical (unpaired) electrons. The van der Waals surface area contributed by atoms with Gasteiger partial charge in [0.05, 0.1) is 11.0 Å². The van der Waals surface area contributed by atoms with Gasteiger partial charge in [0.1, 0.15) is 12.4 Å². The summed E-state index contributed by atoms with van der Waals surface area (Å²) in [6, 6.07) is 15.4. The van der Waals surface area contributed by atoms with Gasteiger partial charge in [0, 0.05) is 25.1 Å². The molecule has 0 aliphatic rings. The minimum Gasteiger partial charge on any atom is -0.355 e. The van der Waals surface area contributed by atoms with Gasteiger partial charge in [-0.2, -0.15) is 0 Å². The Balaban J connectivity index is 1.61. The molecule has 0 unspecified atom stereocenters. The zero-order valence-electron chi connectivity index (χ0n) is 17.8. The number of para-hydroxylation sites is 2. The number of nitrogens with zero attached hydrogens (tertiary/aromatic N) is 2. The second kappa shape index (κ2) is 10.6. The Kier molecular flexibility index (Phi) is 7.60. The molecule has 0 aliphatic carbocycles. The van der Waals surface area contributed by atoms with E-state index in [1.54, 1.807) is 0 Å². The van der Waals surface area contributed by atoms with Crippen molar-refractivity contribution >= 4 is 22.8 Å². The van der Waals surface area contributed by atoms with Crippen LogP contribution in [0.2, 0.25) is 0 Å². The van der Waals surface area contributed by atoms with Crippen LogP contribution < -0.4 is 10.6 Å². The van der Waals surface area contributed by atoms with Crippen molar-refractivity contribution in [1.82, 2.24) is 20.2 Å². The maximum atomic E-state index is 12.4. The van der Waals surface area contributed by atoms with Crippen LogP contribution in [0.25, 0.3) is 11.0 Å². The van der Waals surface area contributed by atoms with E-state index in [0.717, 1.165) is 41.7 Å². The van der Waals surface area contributed by atoms with E-state index in [2.05, 4.69) is 17.6 Å². The van der Waals surface area contributed by atoms with E-state index in [1.165, 1.54) is 0 Å². The molecule has 0 aliphatic heterocycles. The summed E-state index contributed by atoms with van der Waals surface area (Å²) in [6.45, 7) is 5.58. The van der Waals surface area contributed by atoms with Crippen LogP contribution in [0.1, 0.15) is 47.9 Å². The maximum absolute atomic E-state index is 12.4. The number of rotatable bonds is 10. The van der Waals surface area contributed by atoms with Gasteiger partial charge in [-0.3, -0.25) is 9.59 Å². The molecule has 0 atom stereocenters. The molecular weight excluding hydrogens is 376 g/mol. The lowest BCUT2D eigenvalue weighted by Gasteiger charge is -2.10. The third-order valence-electron chi connectivity index (χ3n) is 5.03. The van der Waals surface area contributed by atoms with E-state index >= 15 is 0 Å². The highest BCUT2D eigenvalue weighted by Crippen LogP contribution is 2.17. The van der Waals surface area contributed by atoms with E-state index in [-0.39, 0.29) is 18.4 Å². The first-order chi connectivity index (χ1) is 14.6. The Morgan fingerprint density at radius 2 is 1.80 bits per heavy atom. The van der Waals surface area contributed by atoms with Gasteiger partial charge in [0.2, 0.25) is 5.91 Å². The quantitative estimate of drug-likeness (QED) is 0.505. The summed E-state index contributed by atoms with van der Waals surface area (Å²) < 4.78 is 1.99. The van der Waals surface area contributed by atoms with Crippen molar-refractivity contribution in [3.05, 3.63) is 65.5 Å². The first kappa shape index (κ1) is 21.6. The average molecular weight is 407 g/mol. The first-order valence-corrected chi connectivity index (χ1v) is 10.6. The lowest BCUT2D eigenvalue weighted by atomic mass is 10.1. The molecule has 6 heteroatoms. The van der Waals surface area contributed by atoms with Crippen LogP contribution in [0.15, 0.2) is 48.5 Å². The number of nitrogens with one attached hydrogen (secondary N) is 2. The van der Waals surface area contributed by atoms with Gasteiger partial charge in [-0.1, -0.05) is 43.2 Å². The average Bonchev–Trinajstić information content (AvgIpc) is 3.08. The van der Waals surface area contributed by atoms with Gasteiger partial charge in [0.25, 0.3) is 5.91 Å². The number of hydrogen-bond acceptors (Lipinski definition) is 3. The summed E-state index contributed by atoms with van der Waals surface area (Å²) in [5.41, 5.74) is 3.58. The lowest BCUT2D eigenvalue weighted by molar-refractivity contribution is -0.121. The molecule has 6 nitrogen and oxygen atoms in total. The van der Waals surface area contributed by atoms with Gasteiger partial charge in [-0.25, -0.2) is 4.98 Å². The number of fused-ring (bicyclic) bond motifs is 1. The molecule has 0 saturated heterocycles. The van der Waals surface area contributed by atoms with E-state index < -0.39 is 0 Å². The molecule has 0 spiro atoms. The standard InChI is InChI=1S/C24H30N4O2/c1-3-4-14-25-23(29)17-28-21-12-6-5-11-20(21)27-22(28)13-8-15-26-24(30)19-10-7-9-18(2)16-19/h5-7,9-12,16H,3-4,8,13-15,17H2,1-2H3,(H,25,29)(H,26,30). The van der Waals surface area contributed by atoms with Crippen molar-refractivity contribution in [3.63, 3.8) is 0 Å². The van der Waals surface area contributed by atoms with Crippen LogP contribution in [0.3, 0.4) is 0 Å². The smallest absolute Gasteiger partial charge is 0.251 e. The molecule has 2 amide bonds. The van der Waals surface area contributed by atoms with Crippen molar-refractivity contribution in [2.24, 2.45) is 0 Å². The molecule has 2 N–H and O–H groups in total. The van der Waals surface area contributed by atoms with Crippen LogP contribution in [0.5, 0.6) is 0 Å². The monoisotopic (exact) mass is 406 g/mol. The van der Waals surface area contributed by atoms with E-state index in [9.17, 15) is 9.59 Å². The summed E-state index contributed by atoms with van der Waals surface area (Å²) in [7, 11) is 0. The molecule has 30 heavy (non-hydrogen) atoms. The molecule has 158 valence electrons. The third-order valence-corrected chi connectivity index (χ3v) is 5.03. The highest BCUT2D eigenvalue weighted by molar-refractivity contribution is 5.94. The zero-order valence-corrected chi connectivity index (χ0v) is 17.8. The van der Waals surface area contributed by atoms with Crippen LogP contribution >= 0.6 is 0 Å². The topological polar surface area (TPSA) is 76.0 Å². The number of carbonyl (C=O) groups is 2. The molecule has 0 bridgehead atoms. The molecule has 0 fully saturated rings. The Morgan fingerprint density at radius 1 is 1.00 bits per heavy atom. The van der Waals surface area contributed by atoms with E-state index in [4.69, 9.17) is 4.98 Å². The zero-order chi connectivity index (χ0) is 21.3. The summed E-state index contributed by atoms with van der Waals surface area (Å²) in [5, 5.41) is 5.94. The van der Waals surface area contributed by atoms with Crippen molar-refractivity contribution in [3.8, 4) is 0 Å². The van der Waals surface area contributed by atoms with Crippen molar-refractivity contribution in [2.45, 2.75) is 46.1 Å². The second-order valence-corrected chi connectivity index (χ2v) is 7.54. The van der Waals surface area contributed by atoms with Gasteiger partial charge >= 0.3 is 0 Å². The van der Waals surface area contributed by atoms with Crippen LogP contribution in [0.4, 0.5) is 0 Å². The van der Waals surface area contributed by atoms with E-state index in [1.807, 2.05) is 60.0 Å². The Labute approximate surface area is 177 Å². The fraction of sp³-hybridized carbons (Fsp3) is 0.375. The third kappa shape index (κ3) is 5.69. The molecule has 3 rings (SSSR count). The second-order valence-electron chi connectivity index (χ2n) is 7.54. The maximum Gasteiger partial charge on any atom is 0.251 e. The van der Waals surface area contributed by atoms with Gasteiger partial charge in [-0.15, -0.1) is 0 Å². The molecule has 0 saturated carbocycles. The molecule has 3 aromatic rings. The number of amides is 2. The fourth-order valence-electron chi connectivity index (χ4n) is 3.43. The number of aryl methyl sites for hydroxylation is 2. The van der Waals surface area contributed by atoms with Gasteiger partial charge < -0.3 is 15.2 Å². The number of hydrogen-bond donors (Lipinski definition) is 2. The number of unbranched alkanes of at least 4 members (excludes halogenated alkanes) is 1. The highest BCUT2D eigenvalue weighted by Gasteiger charge is 2.13. The Hall–Kier alpha value is -3.15. The van der Waals surface area contributed by atoms with Crippen molar-refractivity contribution in [1.29, 1.82) is 0 Å². The minimum absolute atomic E-state index is 0.000559. The normalized spacial score (nSPS) is 10.9. The summed E-state index contributed by atoms with van der Waals surface area (Å²) in [4.78, 5) is 29.4.